The first-order chi connectivity index (χ1) is 11.9. The molecule has 0 saturated carbocycles. The average Bonchev–Trinajstić information content (AvgIpc) is 2.62. The Morgan fingerprint density at radius 3 is 2.60 bits per heavy atom. The summed E-state index contributed by atoms with van der Waals surface area (Å²) in [5.74, 6) is 5.27. The van der Waals surface area contributed by atoms with Crippen LogP contribution in [0.25, 0.3) is 0 Å². The first-order valence-electron chi connectivity index (χ1n) is 7.00. The van der Waals surface area contributed by atoms with Gasteiger partial charge in [-0.15, -0.1) is 0 Å². The fourth-order valence-corrected chi connectivity index (χ4v) is 1.78. The molecule has 0 aliphatic heterocycles. The number of nitriles is 1. The number of aliphatic imine (C=N–C) groups is 1. The average molecular weight is 346 g/mol. The third-order valence-corrected chi connectivity index (χ3v) is 3.05. The lowest BCUT2D eigenvalue weighted by molar-refractivity contribution is -0.141. The van der Waals surface area contributed by atoms with Gasteiger partial charge in [-0.25, -0.2) is 0 Å². The fraction of sp³-hybridized carbons (Fsp3) is 0.125. The normalized spacial score (nSPS) is 12.2. The fourth-order valence-electron chi connectivity index (χ4n) is 1.78. The molecule has 2 aromatic rings. The number of hydrogen-bond acceptors (Lipinski definition) is 6. The van der Waals surface area contributed by atoms with E-state index in [1.807, 2.05) is 6.07 Å². The summed E-state index contributed by atoms with van der Waals surface area (Å²) in [6.07, 6.45) is -2.06. The van der Waals surface area contributed by atoms with Gasteiger partial charge >= 0.3 is 6.18 Å². The van der Waals surface area contributed by atoms with E-state index in [9.17, 15) is 13.2 Å². The van der Waals surface area contributed by atoms with Crippen molar-refractivity contribution in [2.75, 3.05) is 11.9 Å². The summed E-state index contributed by atoms with van der Waals surface area (Å²) in [6, 6.07) is 10.8. The molecule has 0 aliphatic rings. The van der Waals surface area contributed by atoms with E-state index in [4.69, 9.17) is 11.1 Å². The number of nitrogens with one attached hydrogen (secondary N) is 1. The van der Waals surface area contributed by atoms with Crippen LogP contribution in [0.4, 0.5) is 24.5 Å². The molecule has 0 amide bonds. The highest BCUT2D eigenvalue weighted by molar-refractivity contribution is 6.32. The third kappa shape index (κ3) is 5.31. The zero-order valence-electron chi connectivity index (χ0n) is 12.8. The highest BCUT2D eigenvalue weighted by Crippen LogP contribution is 2.28. The minimum absolute atomic E-state index is 0.0809. The standard InChI is InChI=1S/C16H13F3N6/c17-16(18,19)15-7-13(5-6-22-15)24-10-14(25-21)9-23-12-3-1-11(8-20)2-4-12/h1-7,9H,10,21H2,(H,22,24). The highest BCUT2D eigenvalue weighted by Gasteiger charge is 2.32. The molecule has 0 saturated heterocycles. The van der Waals surface area contributed by atoms with Gasteiger partial charge in [0.05, 0.1) is 35.8 Å². The second kappa shape index (κ2) is 7.92. The molecule has 1 heterocycles. The van der Waals surface area contributed by atoms with Crippen LogP contribution >= 0.6 is 0 Å². The molecule has 2 rings (SSSR count). The number of halogens is 3. The van der Waals surface area contributed by atoms with Gasteiger partial charge in [0.25, 0.3) is 0 Å². The Bertz CT molecular complexity index is 819. The summed E-state index contributed by atoms with van der Waals surface area (Å²) in [5.41, 5.74) is 0.662. The number of nitrogens with zero attached hydrogens (tertiary/aromatic N) is 4. The van der Waals surface area contributed by atoms with Crippen molar-refractivity contribution in [3.05, 3.63) is 53.9 Å². The molecule has 0 spiro atoms. The summed E-state index contributed by atoms with van der Waals surface area (Å²) in [7, 11) is 0. The van der Waals surface area contributed by atoms with Gasteiger partial charge in [-0.1, -0.05) is 0 Å². The summed E-state index contributed by atoms with van der Waals surface area (Å²) in [6.45, 7) is 0.0809. The van der Waals surface area contributed by atoms with E-state index in [0.29, 0.717) is 17.0 Å². The van der Waals surface area contributed by atoms with Crippen molar-refractivity contribution in [1.29, 1.82) is 5.26 Å². The summed E-state index contributed by atoms with van der Waals surface area (Å²) >= 11 is 0. The molecule has 1 aromatic carbocycles. The van der Waals surface area contributed by atoms with Crippen molar-refractivity contribution >= 4 is 23.3 Å². The van der Waals surface area contributed by atoms with E-state index < -0.39 is 11.9 Å². The zero-order chi connectivity index (χ0) is 18.3. The lowest BCUT2D eigenvalue weighted by atomic mass is 10.2. The van der Waals surface area contributed by atoms with Gasteiger partial charge in [0, 0.05) is 11.9 Å². The van der Waals surface area contributed by atoms with E-state index in [2.05, 4.69) is 20.4 Å². The smallest absolute Gasteiger partial charge is 0.379 e. The summed E-state index contributed by atoms with van der Waals surface area (Å²) in [5, 5.41) is 15.0. The quantitative estimate of drug-likeness (QED) is 0.493. The molecule has 0 aliphatic carbocycles. The van der Waals surface area contributed by atoms with Crippen LogP contribution in [0, 0.1) is 11.3 Å². The Morgan fingerprint density at radius 2 is 2.00 bits per heavy atom. The van der Waals surface area contributed by atoms with E-state index in [0.717, 1.165) is 12.3 Å². The van der Waals surface area contributed by atoms with Crippen molar-refractivity contribution in [2.24, 2.45) is 15.9 Å². The molecular formula is C16H13F3N6. The predicted molar refractivity (Wildman–Crippen MR) is 88.7 cm³/mol. The molecule has 1 aromatic heterocycles. The van der Waals surface area contributed by atoms with E-state index in [-0.39, 0.29) is 12.2 Å². The number of aromatic nitrogens is 1. The first kappa shape index (κ1) is 17.9. The largest absolute Gasteiger partial charge is 0.433 e. The number of alkyl halides is 3. The molecule has 0 unspecified atom stereocenters. The minimum atomic E-state index is -4.51. The van der Waals surface area contributed by atoms with Crippen LogP contribution in [0.5, 0.6) is 0 Å². The monoisotopic (exact) mass is 346 g/mol. The molecular weight excluding hydrogens is 333 g/mol. The molecule has 0 fully saturated rings. The van der Waals surface area contributed by atoms with Crippen LogP contribution in [0.3, 0.4) is 0 Å². The highest BCUT2D eigenvalue weighted by atomic mass is 19.4. The van der Waals surface area contributed by atoms with Crippen molar-refractivity contribution in [2.45, 2.75) is 6.18 Å². The van der Waals surface area contributed by atoms with Crippen LogP contribution in [0.2, 0.25) is 0 Å². The Morgan fingerprint density at radius 1 is 1.28 bits per heavy atom. The number of nitrogens with two attached hydrogens (primary N) is 1. The van der Waals surface area contributed by atoms with Gasteiger partial charge in [-0.3, -0.25) is 9.98 Å². The van der Waals surface area contributed by atoms with Crippen LogP contribution in [0.15, 0.2) is 52.7 Å². The maximum atomic E-state index is 12.6. The van der Waals surface area contributed by atoms with E-state index >= 15 is 0 Å². The molecule has 25 heavy (non-hydrogen) atoms. The Kier molecular flexibility index (Phi) is 5.68. The second-order valence-corrected chi connectivity index (χ2v) is 4.82. The predicted octanol–water partition coefficient (Wildman–Crippen LogP) is 3.10. The van der Waals surface area contributed by atoms with Gasteiger partial charge < -0.3 is 11.2 Å². The van der Waals surface area contributed by atoms with Crippen LogP contribution in [-0.4, -0.2) is 23.5 Å². The van der Waals surface area contributed by atoms with Crippen LogP contribution in [0.1, 0.15) is 11.3 Å². The summed E-state index contributed by atoms with van der Waals surface area (Å²) in [4.78, 5) is 7.42. The Balaban J connectivity index is 2.01. The topological polar surface area (TPSA) is 99.5 Å². The number of pyridine rings is 1. The molecule has 0 atom stereocenters. The Hall–Kier alpha value is -3.41. The molecule has 0 radical (unpaired) electrons. The molecule has 3 N–H and O–H groups in total. The van der Waals surface area contributed by atoms with Crippen molar-refractivity contribution in [3.8, 4) is 6.07 Å². The number of rotatable bonds is 5. The minimum Gasteiger partial charge on any atom is -0.379 e. The third-order valence-electron chi connectivity index (χ3n) is 3.05. The number of benzene rings is 1. The van der Waals surface area contributed by atoms with Crippen molar-refractivity contribution in [1.82, 2.24) is 4.98 Å². The van der Waals surface area contributed by atoms with E-state index in [1.54, 1.807) is 24.3 Å². The second-order valence-electron chi connectivity index (χ2n) is 4.82. The van der Waals surface area contributed by atoms with Gasteiger partial charge in [0.15, 0.2) is 0 Å². The van der Waals surface area contributed by atoms with Crippen molar-refractivity contribution < 1.29 is 13.2 Å². The lowest BCUT2D eigenvalue weighted by Crippen LogP contribution is -2.17. The molecule has 0 bridgehead atoms. The lowest BCUT2D eigenvalue weighted by Gasteiger charge is -2.09. The van der Waals surface area contributed by atoms with Crippen LogP contribution < -0.4 is 11.2 Å². The number of anilines is 1. The van der Waals surface area contributed by atoms with Gasteiger partial charge in [0.1, 0.15) is 5.69 Å². The molecule has 6 nitrogen and oxygen atoms in total. The van der Waals surface area contributed by atoms with Gasteiger partial charge in [0.2, 0.25) is 0 Å². The molecule has 128 valence electrons. The van der Waals surface area contributed by atoms with Gasteiger partial charge in [-0.2, -0.15) is 23.5 Å². The SMILES string of the molecule is N#Cc1ccc(N=CC(CNc2ccnc(C(F)(F)F)c2)=NN)cc1. The number of hydrazone groups is 1. The maximum Gasteiger partial charge on any atom is 0.433 e. The number of hydrogen-bond donors (Lipinski definition) is 2. The summed E-state index contributed by atoms with van der Waals surface area (Å²) < 4.78 is 37.9. The van der Waals surface area contributed by atoms with E-state index in [1.165, 1.54) is 12.3 Å². The van der Waals surface area contributed by atoms with Crippen LogP contribution in [-0.2, 0) is 6.18 Å². The first-order valence-corrected chi connectivity index (χ1v) is 7.00. The van der Waals surface area contributed by atoms with Crippen molar-refractivity contribution in [3.63, 3.8) is 0 Å². The zero-order valence-corrected chi connectivity index (χ0v) is 12.8. The molecule has 9 heteroatoms. The maximum absolute atomic E-state index is 12.6. The Labute approximate surface area is 141 Å². The van der Waals surface area contributed by atoms with Gasteiger partial charge in [-0.05, 0) is 36.4 Å².